The Morgan fingerprint density at radius 3 is 1.86 bits per heavy atom. The third-order valence-electron chi connectivity index (χ3n) is 6.18. The second kappa shape index (κ2) is 11.5. The van der Waals surface area contributed by atoms with Gasteiger partial charge in [0.1, 0.15) is 0 Å². The predicted molar refractivity (Wildman–Crippen MR) is 144 cm³/mol. The van der Waals surface area contributed by atoms with Crippen molar-refractivity contribution in [2.75, 3.05) is 30.3 Å². The number of carboxylic acid groups (broad SMARTS) is 1. The van der Waals surface area contributed by atoms with Gasteiger partial charge >= 0.3 is 23.1 Å². The van der Waals surface area contributed by atoms with Crippen LogP contribution >= 0.6 is 0 Å². The quantitative estimate of drug-likeness (QED) is 0.183. The molecular weight excluding hydrogens is 492 g/mol. The van der Waals surface area contributed by atoms with E-state index in [1.165, 1.54) is 12.1 Å². The maximum absolute atomic E-state index is 13.0. The molecule has 194 valence electrons. The number of carboxylic acids is 1. The average Bonchev–Trinajstić information content (AvgIpc) is 2.84. The second-order valence-electron chi connectivity index (χ2n) is 8.65. The smallest absolute Gasteiger partial charge is 0.363 e. The minimum atomic E-state index is -1.07. The lowest BCUT2D eigenvalue weighted by Gasteiger charge is -2.15. The van der Waals surface area contributed by atoms with Crippen LogP contribution in [0.1, 0.15) is 52.6 Å². The van der Waals surface area contributed by atoms with Gasteiger partial charge in [-0.3, -0.25) is 0 Å². The van der Waals surface area contributed by atoms with Gasteiger partial charge in [-0.1, -0.05) is 0 Å². The Balaban J connectivity index is 0.00000380. The van der Waals surface area contributed by atoms with Gasteiger partial charge in [0, 0.05) is 30.0 Å². The van der Waals surface area contributed by atoms with Gasteiger partial charge in [0.15, 0.2) is 0 Å². The Kier molecular flexibility index (Phi) is 8.61. The Bertz CT molecular complexity index is 1430. The Morgan fingerprint density at radius 2 is 1.41 bits per heavy atom. The van der Waals surface area contributed by atoms with Crippen LogP contribution in [0.15, 0.2) is 46.9 Å². The number of aromatic carboxylic acids is 1. The van der Waals surface area contributed by atoms with Crippen molar-refractivity contribution >= 4 is 45.3 Å². The van der Waals surface area contributed by atoms with E-state index in [0.29, 0.717) is 22.3 Å². The molecule has 0 amide bonds. The van der Waals surface area contributed by atoms with Crippen LogP contribution in [-0.4, -0.2) is 36.7 Å². The molecule has 0 unspecified atom stereocenters. The van der Waals surface area contributed by atoms with Crippen molar-refractivity contribution in [3.63, 3.8) is 0 Å². The molecule has 8 heteroatoms. The molecule has 7 nitrogen and oxygen atoms in total. The average molecular weight is 523 g/mol. The third-order valence-corrected chi connectivity index (χ3v) is 6.18. The molecule has 0 aliphatic rings. The SMILES string of the molecule is CCNc1cc2[o+]c3cc(NCC)c(C)cc3c(-c3cc(C(=O)O)ccc3C(=O)OCC)c2cc1C.[Cl-]. The first-order chi connectivity index (χ1) is 17.3. The maximum atomic E-state index is 13.0. The van der Waals surface area contributed by atoms with Crippen molar-refractivity contribution in [1.82, 2.24) is 0 Å². The highest BCUT2D eigenvalue weighted by Crippen LogP contribution is 2.42. The Hall–Kier alpha value is -3.84. The first-order valence-electron chi connectivity index (χ1n) is 12.2. The number of hydrogen-bond donors (Lipinski definition) is 3. The predicted octanol–water partition coefficient (Wildman–Crippen LogP) is 3.89. The van der Waals surface area contributed by atoms with Crippen LogP contribution in [-0.2, 0) is 4.74 Å². The molecule has 0 saturated carbocycles. The largest absolute Gasteiger partial charge is 1.00 e. The fourth-order valence-corrected chi connectivity index (χ4v) is 4.52. The molecule has 3 aromatic carbocycles. The fourth-order valence-electron chi connectivity index (χ4n) is 4.52. The molecule has 1 heterocycles. The van der Waals surface area contributed by atoms with E-state index < -0.39 is 11.9 Å². The number of halogens is 1. The van der Waals surface area contributed by atoms with Crippen LogP contribution in [0, 0.1) is 13.8 Å². The van der Waals surface area contributed by atoms with Crippen molar-refractivity contribution in [2.45, 2.75) is 34.6 Å². The molecule has 0 bridgehead atoms. The fraction of sp³-hybridized carbons (Fsp3) is 0.276. The standard InChI is InChI=1S/C29H30N2O5.ClH/c1-6-30-23-14-25-21(11-16(23)4)27(22-12-17(5)24(31-7-2)15-26(22)36-25)20-13-18(28(32)33)9-10-19(20)29(34)35-8-3;/h9-15,30-31H,6-8H2,1-5H3;1H. The zero-order valence-electron chi connectivity index (χ0n) is 21.6. The molecule has 0 radical (unpaired) electrons. The number of ether oxygens (including phenoxy) is 1. The highest BCUT2D eigenvalue weighted by Gasteiger charge is 2.27. The second-order valence-corrected chi connectivity index (χ2v) is 8.65. The summed E-state index contributed by atoms with van der Waals surface area (Å²) >= 11 is 0. The van der Waals surface area contributed by atoms with Gasteiger partial charge in [-0.15, -0.1) is 0 Å². The minimum Gasteiger partial charge on any atom is -1.00 e. The first kappa shape index (κ1) is 27.7. The topological polar surface area (TPSA) is 99.0 Å². The third kappa shape index (κ3) is 5.32. The Labute approximate surface area is 222 Å². The number of carbonyl (C=O) groups excluding carboxylic acids is 1. The van der Waals surface area contributed by atoms with E-state index >= 15 is 0 Å². The summed E-state index contributed by atoms with van der Waals surface area (Å²) in [4.78, 5) is 24.9. The number of anilines is 2. The van der Waals surface area contributed by atoms with E-state index in [9.17, 15) is 14.7 Å². The number of hydrogen-bond acceptors (Lipinski definition) is 5. The Morgan fingerprint density at radius 1 is 0.865 bits per heavy atom. The summed E-state index contributed by atoms with van der Waals surface area (Å²) in [5, 5.41) is 18.0. The monoisotopic (exact) mass is 522 g/mol. The zero-order chi connectivity index (χ0) is 26.0. The van der Waals surface area contributed by atoms with Crippen LogP contribution < -0.4 is 23.0 Å². The molecule has 0 spiro atoms. The van der Waals surface area contributed by atoms with E-state index in [-0.39, 0.29) is 24.6 Å². The molecule has 0 atom stereocenters. The minimum absolute atomic E-state index is 0. The van der Waals surface area contributed by atoms with Gasteiger partial charge < -0.3 is 32.9 Å². The normalized spacial score (nSPS) is 10.7. The number of fused-ring (bicyclic) bond motifs is 2. The number of aryl methyl sites for hydroxylation is 2. The van der Waals surface area contributed by atoms with Crippen molar-refractivity contribution in [1.29, 1.82) is 0 Å². The molecule has 1 aromatic heterocycles. The zero-order valence-corrected chi connectivity index (χ0v) is 22.4. The summed E-state index contributed by atoms with van der Waals surface area (Å²) in [6.45, 7) is 11.5. The molecule has 37 heavy (non-hydrogen) atoms. The van der Waals surface area contributed by atoms with Gasteiger partial charge in [0.25, 0.3) is 0 Å². The lowest BCUT2D eigenvalue weighted by atomic mass is 9.90. The lowest BCUT2D eigenvalue weighted by Crippen LogP contribution is -3.00. The number of rotatable bonds is 8. The van der Waals surface area contributed by atoms with E-state index in [2.05, 4.69) is 10.6 Å². The van der Waals surface area contributed by atoms with Gasteiger partial charge in [0.05, 0.1) is 40.6 Å². The maximum Gasteiger partial charge on any atom is 0.363 e. The van der Waals surface area contributed by atoms with Crippen molar-refractivity contribution < 1.29 is 36.3 Å². The molecule has 4 aromatic rings. The van der Waals surface area contributed by atoms with Gasteiger partial charge in [-0.25, -0.2) is 14.0 Å². The number of benzene rings is 3. The summed E-state index contributed by atoms with van der Waals surface area (Å²) in [5.41, 5.74) is 6.77. The molecule has 0 aliphatic carbocycles. The van der Waals surface area contributed by atoms with Crippen LogP contribution in [0.4, 0.5) is 11.4 Å². The molecule has 3 N–H and O–H groups in total. The van der Waals surface area contributed by atoms with E-state index in [4.69, 9.17) is 9.15 Å². The van der Waals surface area contributed by atoms with Crippen LogP contribution in [0.5, 0.6) is 0 Å². The summed E-state index contributed by atoms with van der Waals surface area (Å²) < 4.78 is 11.7. The highest BCUT2D eigenvalue weighted by molar-refractivity contribution is 6.14. The van der Waals surface area contributed by atoms with Gasteiger partial charge in [0.2, 0.25) is 0 Å². The number of esters is 1. The lowest BCUT2D eigenvalue weighted by molar-refractivity contribution is -0.0000404. The van der Waals surface area contributed by atoms with Crippen LogP contribution in [0.3, 0.4) is 0 Å². The number of nitrogens with one attached hydrogen (secondary N) is 2. The molecular formula is C29H31ClN2O5. The number of carbonyl (C=O) groups is 2. The summed E-state index contributed by atoms with van der Waals surface area (Å²) in [6.07, 6.45) is 0. The van der Waals surface area contributed by atoms with Gasteiger partial charge in [-0.05, 0) is 81.6 Å². The summed E-state index contributed by atoms with van der Waals surface area (Å²) in [6, 6.07) is 12.4. The highest BCUT2D eigenvalue weighted by atomic mass is 35.5. The van der Waals surface area contributed by atoms with Crippen molar-refractivity contribution in [3.05, 3.63) is 64.7 Å². The van der Waals surface area contributed by atoms with Crippen LogP contribution in [0.2, 0.25) is 0 Å². The summed E-state index contributed by atoms with van der Waals surface area (Å²) in [7, 11) is 0. The summed E-state index contributed by atoms with van der Waals surface area (Å²) in [5.74, 6) is -1.58. The van der Waals surface area contributed by atoms with Crippen molar-refractivity contribution in [3.8, 4) is 11.1 Å². The molecule has 0 saturated heterocycles. The van der Waals surface area contributed by atoms with E-state index in [1.807, 2.05) is 52.0 Å². The van der Waals surface area contributed by atoms with E-state index in [0.717, 1.165) is 51.9 Å². The molecule has 0 fully saturated rings. The van der Waals surface area contributed by atoms with Crippen LogP contribution in [0.25, 0.3) is 33.1 Å². The molecule has 0 aliphatic heterocycles. The van der Waals surface area contributed by atoms with E-state index in [1.54, 1.807) is 13.0 Å². The van der Waals surface area contributed by atoms with Crippen molar-refractivity contribution in [2.24, 2.45) is 0 Å². The first-order valence-corrected chi connectivity index (χ1v) is 12.2. The molecule has 4 rings (SSSR count). The van der Waals surface area contributed by atoms with Gasteiger partial charge in [-0.2, -0.15) is 0 Å².